The smallest absolute Gasteiger partial charge is 0.222 e. The summed E-state index contributed by atoms with van der Waals surface area (Å²) in [6.07, 6.45) is 0. The third-order valence-electron chi connectivity index (χ3n) is 0.927. The number of Topliss-reactive ketones (excluding diaryl/α,β-unsaturated/α-hetero) is 1. The zero-order chi connectivity index (χ0) is 8.20. The van der Waals surface area contributed by atoms with E-state index in [1.54, 1.807) is 6.92 Å². The van der Waals surface area contributed by atoms with E-state index < -0.39 is 10.4 Å². The first-order chi connectivity index (χ1) is 4.48. The Balaban J connectivity index is 3.64. The molecule has 0 radical (unpaired) electrons. The minimum absolute atomic E-state index is 0.172. The molecular formula is C6H10BrFO2. The van der Waals surface area contributed by atoms with Gasteiger partial charge in [-0.2, -0.15) is 0 Å². The molecule has 0 bridgehead atoms. The lowest BCUT2D eigenvalue weighted by atomic mass is 10.3. The highest BCUT2D eigenvalue weighted by atomic mass is 79.9. The molecule has 0 N–H and O–H groups in total. The normalized spacial score (nSPS) is 16.4. The molecule has 0 aromatic heterocycles. The van der Waals surface area contributed by atoms with Gasteiger partial charge in [0, 0.05) is 6.61 Å². The number of hydrogen-bond acceptors (Lipinski definition) is 2. The highest BCUT2D eigenvalue weighted by molar-refractivity contribution is 9.10. The summed E-state index contributed by atoms with van der Waals surface area (Å²) in [6, 6.07) is 0. The molecule has 0 aliphatic carbocycles. The number of ether oxygens (including phenoxy) is 1. The summed E-state index contributed by atoms with van der Waals surface area (Å²) in [5.41, 5.74) is 0. The highest BCUT2D eigenvalue weighted by Gasteiger charge is 2.28. The van der Waals surface area contributed by atoms with E-state index in [2.05, 4.69) is 15.9 Å². The molecule has 1 unspecified atom stereocenters. The van der Waals surface area contributed by atoms with Gasteiger partial charge < -0.3 is 4.74 Å². The molecule has 0 aliphatic rings. The van der Waals surface area contributed by atoms with Crippen LogP contribution in [-0.4, -0.2) is 23.6 Å². The molecule has 0 heterocycles. The van der Waals surface area contributed by atoms with Crippen LogP contribution in [-0.2, 0) is 9.53 Å². The number of hydrogen-bond donors (Lipinski definition) is 0. The van der Waals surface area contributed by atoms with Gasteiger partial charge in [0.25, 0.3) is 0 Å². The quantitative estimate of drug-likeness (QED) is 0.664. The molecule has 0 spiro atoms. The average Bonchev–Trinajstić information content (AvgIpc) is 1.80. The van der Waals surface area contributed by atoms with Gasteiger partial charge in [0.05, 0.1) is 0 Å². The number of carbonyl (C=O) groups excluding carboxylic acids is 1. The van der Waals surface area contributed by atoms with E-state index in [0.717, 1.165) is 6.92 Å². The van der Waals surface area contributed by atoms with Gasteiger partial charge in [-0.1, -0.05) is 0 Å². The Morgan fingerprint density at radius 1 is 1.80 bits per heavy atom. The Labute approximate surface area is 67.9 Å². The van der Waals surface area contributed by atoms with Gasteiger partial charge in [0.1, 0.15) is 6.61 Å². The summed E-state index contributed by atoms with van der Waals surface area (Å²) >= 11 is 2.58. The van der Waals surface area contributed by atoms with Crippen molar-refractivity contribution in [2.45, 2.75) is 18.4 Å². The number of ketones is 1. The Morgan fingerprint density at radius 3 is 2.60 bits per heavy atom. The Hall–Kier alpha value is 0.0400. The summed E-state index contributed by atoms with van der Waals surface area (Å²) in [4.78, 5) is 10.7. The van der Waals surface area contributed by atoms with E-state index in [1.807, 2.05) is 0 Å². The van der Waals surface area contributed by atoms with Crippen LogP contribution < -0.4 is 0 Å². The molecule has 1 atom stereocenters. The molecule has 4 heteroatoms. The summed E-state index contributed by atoms with van der Waals surface area (Å²) < 4.78 is 15.4. The maximum atomic E-state index is 12.6. The second kappa shape index (κ2) is 4.03. The molecule has 0 aromatic rings. The molecule has 0 saturated carbocycles. The third kappa shape index (κ3) is 3.95. The van der Waals surface area contributed by atoms with Crippen molar-refractivity contribution >= 4 is 21.7 Å². The maximum absolute atomic E-state index is 12.6. The molecule has 0 amide bonds. The van der Waals surface area contributed by atoms with Crippen molar-refractivity contribution in [3.8, 4) is 0 Å². The molecule has 0 saturated heterocycles. The van der Waals surface area contributed by atoms with Crippen LogP contribution in [0.25, 0.3) is 0 Å². The molecule has 10 heavy (non-hydrogen) atoms. The van der Waals surface area contributed by atoms with Crippen LogP contribution in [0.1, 0.15) is 13.8 Å². The van der Waals surface area contributed by atoms with Gasteiger partial charge in [0.2, 0.25) is 10.4 Å². The van der Waals surface area contributed by atoms with Gasteiger partial charge in [-0.25, -0.2) is 4.39 Å². The minimum Gasteiger partial charge on any atom is -0.374 e. The predicted molar refractivity (Wildman–Crippen MR) is 39.9 cm³/mol. The van der Waals surface area contributed by atoms with Crippen LogP contribution in [0, 0.1) is 0 Å². The zero-order valence-electron chi connectivity index (χ0n) is 5.99. The lowest BCUT2D eigenvalue weighted by Crippen LogP contribution is -2.26. The lowest BCUT2D eigenvalue weighted by molar-refractivity contribution is -0.128. The predicted octanol–water partition coefficient (Wildman–Crippen LogP) is 1.67. The van der Waals surface area contributed by atoms with Crippen molar-refractivity contribution in [2.75, 3.05) is 13.2 Å². The first kappa shape index (κ1) is 10.0. The average molecular weight is 213 g/mol. The molecule has 0 fully saturated rings. The van der Waals surface area contributed by atoms with E-state index >= 15 is 0 Å². The van der Waals surface area contributed by atoms with Crippen molar-refractivity contribution in [2.24, 2.45) is 0 Å². The van der Waals surface area contributed by atoms with Crippen LogP contribution in [0.5, 0.6) is 0 Å². The molecular weight excluding hydrogens is 203 g/mol. The highest BCUT2D eigenvalue weighted by Crippen LogP contribution is 2.19. The van der Waals surface area contributed by atoms with E-state index in [0.29, 0.717) is 6.61 Å². The number of halogens is 2. The summed E-state index contributed by atoms with van der Waals surface area (Å²) in [7, 11) is 0. The van der Waals surface area contributed by atoms with Crippen molar-refractivity contribution < 1.29 is 13.9 Å². The monoisotopic (exact) mass is 212 g/mol. The van der Waals surface area contributed by atoms with Gasteiger partial charge in [-0.15, -0.1) is 0 Å². The van der Waals surface area contributed by atoms with Crippen LogP contribution in [0.15, 0.2) is 0 Å². The first-order valence-corrected chi connectivity index (χ1v) is 3.76. The molecule has 60 valence electrons. The van der Waals surface area contributed by atoms with Crippen molar-refractivity contribution in [3.05, 3.63) is 0 Å². The minimum atomic E-state index is -1.94. The SMILES string of the molecule is CCOCC(=O)C(C)(F)Br. The van der Waals surface area contributed by atoms with Gasteiger partial charge in [-0.3, -0.25) is 4.79 Å². The second-order valence-electron chi connectivity index (χ2n) is 1.95. The van der Waals surface area contributed by atoms with Crippen molar-refractivity contribution in [1.29, 1.82) is 0 Å². The Kier molecular flexibility index (Phi) is 4.05. The number of rotatable bonds is 4. The van der Waals surface area contributed by atoms with E-state index in [4.69, 9.17) is 4.74 Å². The maximum Gasteiger partial charge on any atom is 0.222 e. The van der Waals surface area contributed by atoms with Crippen molar-refractivity contribution in [3.63, 3.8) is 0 Å². The fraction of sp³-hybridized carbons (Fsp3) is 0.833. The van der Waals surface area contributed by atoms with Crippen LogP contribution >= 0.6 is 15.9 Å². The first-order valence-electron chi connectivity index (χ1n) is 2.97. The molecule has 0 aromatic carbocycles. The van der Waals surface area contributed by atoms with Crippen molar-refractivity contribution in [1.82, 2.24) is 0 Å². The Bertz CT molecular complexity index is 119. The molecule has 2 nitrogen and oxygen atoms in total. The fourth-order valence-corrected chi connectivity index (χ4v) is 0.436. The zero-order valence-corrected chi connectivity index (χ0v) is 7.57. The van der Waals surface area contributed by atoms with Gasteiger partial charge in [0.15, 0.2) is 0 Å². The number of alkyl halides is 2. The largest absolute Gasteiger partial charge is 0.374 e. The summed E-state index contributed by atoms with van der Waals surface area (Å²) in [5.74, 6) is -0.589. The molecule has 0 rings (SSSR count). The standard InChI is InChI=1S/C6H10BrFO2/c1-3-10-4-5(9)6(2,7)8/h3-4H2,1-2H3. The van der Waals surface area contributed by atoms with Crippen LogP contribution in [0.4, 0.5) is 4.39 Å². The van der Waals surface area contributed by atoms with Crippen LogP contribution in [0.2, 0.25) is 0 Å². The van der Waals surface area contributed by atoms with E-state index in [1.165, 1.54) is 0 Å². The van der Waals surface area contributed by atoms with Gasteiger partial charge in [-0.05, 0) is 29.8 Å². The van der Waals surface area contributed by atoms with Gasteiger partial charge >= 0.3 is 0 Å². The Morgan fingerprint density at radius 2 is 2.30 bits per heavy atom. The van der Waals surface area contributed by atoms with E-state index in [-0.39, 0.29) is 6.61 Å². The summed E-state index contributed by atoms with van der Waals surface area (Å²) in [6.45, 7) is 3.15. The molecule has 0 aliphatic heterocycles. The lowest BCUT2D eigenvalue weighted by Gasteiger charge is -2.09. The number of carbonyl (C=O) groups is 1. The van der Waals surface area contributed by atoms with E-state index in [9.17, 15) is 9.18 Å². The second-order valence-corrected chi connectivity index (χ2v) is 3.44. The summed E-state index contributed by atoms with van der Waals surface area (Å²) in [5, 5.41) is 0. The van der Waals surface area contributed by atoms with Crippen LogP contribution in [0.3, 0.4) is 0 Å². The fourth-order valence-electron chi connectivity index (χ4n) is 0.321. The topological polar surface area (TPSA) is 26.3 Å². The third-order valence-corrected chi connectivity index (χ3v) is 1.37.